The molecule has 1 fully saturated rings. The Labute approximate surface area is 133 Å². The number of nitrogens with two attached hydrogens (primary N) is 1. The minimum absolute atomic E-state index is 0.142. The molecule has 0 radical (unpaired) electrons. The first-order valence-electron chi connectivity index (χ1n) is 7.14. The Morgan fingerprint density at radius 1 is 1.35 bits per heavy atom. The van der Waals surface area contributed by atoms with Gasteiger partial charge in [-0.25, -0.2) is 0 Å². The molecule has 12 heteroatoms. The van der Waals surface area contributed by atoms with Crippen LogP contribution in [0.5, 0.6) is 0 Å². The zero-order chi connectivity index (χ0) is 16.6. The van der Waals surface area contributed by atoms with Crippen LogP contribution in [0.1, 0.15) is 13.2 Å². The van der Waals surface area contributed by atoms with Gasteiger partial charge in [0.1, 0.15) is 0 Å². The predicted molar refractivity (Wildman–Crippen MR) is 86.3 cm³/mol. The van der Waals surface area contributed by atoms with Crippen molar-refractivity contribution in [3.63, 3.8) is 0 Å². The third kappa shape index (κ3) is 3.44. The number of fused-ring (bicyclic) bond motifs is 1. The van der Waals surface area contributed by atoms with Crippen molar-refractivity contribution in [2.75, 3.05) is 18.9 Å². The van der Waals surface area contributed by atoms with E-state index in [2.05, 4.69) is 15.0 Å². The van der Waals surface area contributed by atoms with Gasteiger partial charge in [-0.05, 0) is 0 Å². The fourth-order valence-electron chi connectivity index (χ4n) is 2.31. The average Bonchev–Trinajstić information content (AvgIpc) is 2.94. The zero-order valence-corrected chi connectivity index (χ0v) is 13.8. The maximum absolute atomic E-state index is 10.4. The first-order chi connectivity index (χ1) is 10.9. The Morgan fingerprint density at radius 3 is 2.87 bits per heavy atom. The van der Waals surface area contributed by atoms with Crippen LogP contribution in [0.3, 0.4) is 0 Å². The van der Waals surface area contributed by atoms with Gasteiger partial charge in [-0.3, -0.25) is 0 Å². The molecule has 10 nitrogen and oxygen atoms in total. The van der Waals surface area contributed by atoms with E-state index in [9.17, 15) is 10.00 Å². The molecule has 23 heavy (non-hydrogen) atoms. The Hall–Kier alpha value is -1.36. The number of nitrogens with zero attached hydrogens (tertiary/aromatic N) is 4. The summed E-state index contributed by atoms with van der Waals surface area (Å²) >= 11 is 0. The molecule has 0 saturated carbocycles. The Bertz CT molecular complexity index is 700. The second-order valence-corrected chi connectivity index (χ2v) is 7.88. The van der Waals surface area contributed by atoms with E-state index in [-0.39, 0.29) is 25.1 Å². The number of hydrogen-bond donors (Lipinski definition) is 3. The first-order valence-corrected chi connectivity index (χ1v) is 9.40. The number of hydrogen-bond acceptors (Lipinski definition) is 9. The van der Waals surface area contributed by atoms with Gasteiger partial charge in [0.25, 0.3) is 0 Å². The minimum atomic E-state index is -3.28. The molecule has 2 aromatic heterocycles. The van der Waals surface area contributed by atoms with E-state index in [1.807, 2.05) is 0 Å². The summed E-state index contributed by atoms with van der Waals surface area (Å²) in [5.41, 5.74) is 6.64. The quantitative estimate of drug-likeness (QED) is 0.428. The van der Waals surface area contributed by atoms with E-state index in [0.29, 0.717) is 11.2 Å². The number of nitrogen functional groups attached to an aromatic ring is 1. The van der Waals surface area contributed by atoms with Crippen molar-refractivity contribution in [3.8, 4) is 0 Å². The molecule has 0 aromatic carbocycles. The average molecular weight is 343 g/mol. The van der Waals surface area contributed by atoms with Gasteiger partial charge < -0.3 is 0 Å². The molecule has 3 heterocycles. The van der Waals surface area contributed by atoms with Crippen molar-refractivity contribution in [2.45, 2.75) is 25.4 Å². The van der Waals surface area contributed by atoms with E-state index in [4.69, 9.17) is 19.5 Å². The maximum atomic E-state index is 10.4. The third-order valence-electron chi connectivity index (χ3n) is 3.47. The Morgan fingerprint density at radius 2 is 2.09 bits per heavy atom. The summed E-state index contributed by atoms with van der Waals surface area (Å²) in [5, 5.41) is 10.4. The molecule has 1 saturated heterocycles. The number of aliphatic hydroxyl groups excluding tert-OH is 1. The molecule has 3 rings (SSSR count). The summed E-state index contributed by atoms with van der Waals surface area (Å²) in [6.45, 7) is 1.78. The monoisotopic (exact) mass is 343 g/mol. The fourth-order valence-corrected chi connectivity index (χ4v) is 3.42. The van der Waals surface area contributed by atoms with Crippen LogP contribution >= 0.6 is 7.82 Å². The molecule has 0 spiro atoms. The predicted octanol–water partition coefficient (Wildman–Crippen LogP) is -1.24. The standard InChI is InChI=1S/C11H19BN5O5P/c1-6-2-20-23(12,19)21-3-7(18)11(22-6)17-5-16-8-9(13)14-4-15-10(8)17/h4-7,11,18-19,23H,2-3,12H2,1H3,(H2,13,14,15)/t6-,7-,11+/m0/s1. The first kappa shape index (κ1) is 16.5. The number of ether oxygens (including phenoxy) is 1. The molecular weight excluding hydrogens is 324 g/mol. The van der Waals surface area contributed by atoms with Gasteiger partial charge in [-0.1, -0.05) is 0 Å². The Kier molecular flexibility index (Phi) is 4.50. The summed E-state index contributed by atoms with van der Waals surface area (Å²) in [6, 6.07) is 0. The molecule has 2 aromatic rings. The van der Waals surface area contributed by atoms with Crippen molar-refractivity contribution >= 4 is 32.4 Å². The molecule has 1 aliphatic heterocycles. The van der Waals surface area contributed by atoms with E-state index in [1.165, 1.54) is 20.2 Å². The summed E-state index contributed by atoms with van der Waals surface area (Å²) in [7, 11) is -1.78. The van der Waals surface area contributed by atoms with Gasteiger partial charge in [0.05, 0.1) is 0 Å². The fraction of sp³-hybridized carbons (Fsp3) is 0.545. The van der Waals surface area contributed by atoms with Crippen LogP contribution in [-0.2, 0) is 13.8 Å². The van der Waals surface area contributed by atoms with Crippen LogP contribution < -0.4 is 5.73 Å². The second kappa shape index (κ2) is 6.27. The number of aromatic nitrogens is 4. The molecule has 1 aliphatic rings. The van der Waals surface area contributed by atoms with Crippen molar-refractivity contribution in [1.82, 2.24) is 19.5 Å². The van der Waals surface area contributed by atoms with Gasteiger partial charge >= 0.3 is 133 Å². The summed E-state index contributed by atoms with van der Waals surface area (Å²) in [6.07, 6.45) is 0.553. The van der Waals surface area contributed by atoms with Crippen LogP contribution in [0.15, 0.2) is 12.7 Å². The van der Waals surface area contributed by atoms with Gasteiger partial charge in [0.15, 0.2) is 0 Å². The van der Waals surface area contributed by atoms with Crippen LogP contribution in [0.2, 0.25) is 0 Å². The second-order valence-electron chi connectivity index (χ2n) is 5.51. The van der Waals surface area contributed by atoms with Crippen LogP contribution in [-0.4, -0.2) is 62.5 Å². The third-order valence-corrected chi connectivity index (χ3v) is 4.87. The number of aliphatic hydroxyl groups is 1. The van der Waals surface area contributed by atoms with Gasteiger partial charge in [0.2, 0.25) is 0 Å². The summed E-state index contributed by atoms with van der Waals surface area (Å²) in [4.78, 5) is 22.2. The van der Waals surface area contributed by atoms with Crippen LogP contribution in [0.4, 0.5) is 5.82 Å². The molecule has 0 bridgehead atoms. The summed E-state index contributed by atoms with van der Waals surface area (Å²) in [5.74, 6) is 0.245. The van der Waals surface area contributed by atoms with Gasteiger partial charge in [-0.2, -0.15) is 0 Å². The molecule has 0 unspecified atom stereocenters. The van der Waals surface area contributed by atoms with Crippen molar-refractivity contribution in [3.05, 3.63) is 12.7 Å². The SMILES string of the molecule is B[PH]1(O)OC[C@H](C)O[C@@H](n2cnc3c(N)ncnc32)[C@@H](O)CO1. The van der Waals surface area contributed by atoms with Gasteiger partial charge in [-0.15, -0.1) is 0 Å². The zero-order valence-electron chi connectivity index (χ0n) is 12.8. The number of rotatable bonds is 1. The van der Waals surface area contributed by atoms with Crippen molar-refractivity contribution in [2.24, 2.45) is 0 Å². The molecule has 4 N–H and O–H groups in total. The van der Waals surface area contributed by atoms with Crippen LogP contribution in [0.25, 0.3) is 11.2 Å². The van der Waals surface area contributed by atoms with E-state index >= 15 is 0 Å². The van der Waals surface area contributed by atoms with E-state index in [0.717, 1.165) is 0 Å². The van der Waals surface area contributed by atoms with E-state index < -0.39 is 20.2 Å². The molecule has 3 atom stereocenters. The number of imidazole rings is 1. The molecule has 126 valence electrons. The molecular formula is C11H19BN5O5P. The normalized spacial score (nSPS) is 30.3. The Balaban J connectivity index is 1.96. The van der Waals surface area contributed by atoms with Gasteiger partial charge in [0, 0.05) is 0 Å². The molecule has 0 amide bonds. The van der Waals surface area contributed by atoms with Crippen molar-refractivity contribution < 1.29 is 23.8 Å². The topological polar surface area (TPSA) is 138 Å². The summed E-state index contributed by atoms with van der Waals surface area (Å²) < 4.78 is 18.1. The number of anilines is 1. The van der Waals surface area contributed by atoms with Crippen LogP contribution in [0, 0.1) is 0 Å². The van der Waals surface area contributed by atoms with Crippen molar-refractivity contribution in [1.29, 1.82) is 0 Å². The molecule has 0 aliphatic carbocycles. The van der Waals surface area contributed by atoms with E-state index in [1.54, 1.807) is 11.5 Å².